The summed E-state index contributed by atoms with van der Waals surface area (Å²) in [5.74, 6) is 1.71. The van der Waals surface area contributed by atoms with Gasteiger partial charge in [0, 0.05) is 35.8 Å². The van der Waals surface area contributed by atoms with Crippen LogP contribution >= 0.6 is 0 Å². The first-order chi connectivity index (χ1) is 15.9. The molecule has 0 fully saturated rings. The third kappa shape index (κ3) is 5.57. The average molecular weight is 463 g/mol. The van der Waals surface area contributed by atoms with Crippen LogP contribution < -0.4 is 15.4 Å². The van der Waals surface area contributed by atoms with Crippen LogP contribution in [0.25, 0.3) is 0 Å². The molecule has 33 heavy (non-hydrogen) atoms. The quantitative estimate of drug-likeness (QED) is 0.259. The van der Waals surface area contributed by atoms with E-state index in [-0.39, 0.29) is 10.6 Å². The number of hydrogen-bond donors (Lipinski definition) is 3. The van der Waals surface area contributed by atoms with Crippen molar-refractivity contribution in [1.29, 1.82) is 0 Å². The number of nitrogens with one attached hydrogen (secondary N) is 3. The summed E-state index contributed by atoms with van der Waals surface area (Å²) in [5.41, 5.74) is 0.655. The minimum Gasteiger partial charge on any atom is -0.340 e. The highest BCUT2D eigenvalue weighted by Gasteiger charge is 2.17. The minimum atomic E-state index is -3.99. The second-order valence-electron chi connectivity index (χ2n) is 6.69. The molecule has 0 aliphatic carbocycles. The number of nitrogens with zero attached hydrogens (tertiary/aromatic N) is 4. The van der Waals surface area contributed by atoms with Crippen molar-refractivity contribution in [3.63, 3.8) is 0 Å². The highest BCUT2D eigenvalue weighted by atomic mass is 32.2. The molecule has 11 nitrogen and oxygen atoms in total. The summed E-state index contributed by atoms with van der Waals surface area (Å²) >= 11 is 0. The Morgan fingerprint density at radius 3 is 2.18 bits per heavy atom. The van der Waals surface area contributed by atoms with E-state index in [1.165, 1.54) is 24.5 Å². The predicted octanol–water partition coefficient (Wildman–Crippen LogP) is 4.07. The predicted molar refractivity (Wildman–Crippen MR) is 123 cm³/mol. The van der Waals surface area contributed by atoms with E-state index < -0.39 is 14.9 Å². The lowest BCUT2D eigenvalue weighted by molar-refractivity contribution is -0.385. The molecule has 0 unspecified atom stereocenters. The molecule has 0 aliphatic heterocycles. The van der Waals surface area contributed by atoms with E-state index in [0.717, 1.165) is 6.07 Å². The van der Waals surface area contributed by atoms with Gasteiger partial charge in [0.1, 0.15) is 23.8 Å². The number of pyridine rings is 1. The number of hydrogen-bond acceptors (Lipinski definition) is 9. The topological polar surface area (TPSA) is 152 Å². The molecule has 12 heteroatoms. The standard InChI is InChI=1S/C21H17N7O4S/c29-28(30)17-4-3-5-18(12-17)33(31,32)27-16-9-7-15(8-10-16)25-20-13-21(24-14-23-20)26-19-6-1-2-11-22-19/h1-14,27H,(H2,22,23,24,25,26). The molecule has 3 N–H and O–H groups in total. The number of benzene rings is 2. The van der Waals surface area contributed by atoms with E-state index in [1.807, 2.05) is 18.2 Å². The Morgan fingerprint density at radius 1 is 0.758 bits per heavy atom. The van der Waals surface area contributed by atoms with E-state index in [4.69, 9.17) is 0 Å². The molecule has 0 saturated carbocycles. The van der Waals surface area contributed by atoms with E-state index in [1.54, 1.807) is 36.5 Å². The van der Waals surface area contributed by atoms with Crippen LogP contribution in [0.3, 0.4) is 0 Å². The molecule has 0 radical (unpaired) electrons. The van der Waals surface area contributed by atoms with Crippen LogP contribution in [0, 0.1) is 10.1 Å². The van der Waals surface area contributed by atoms with E-state index in [0.29, 0.717) is 28.8 Å². The lowest BCUT2D eigenvalue weighted by Gasteiger charge is -2.10. The van der Waals surface area contributed by atoms with E-state index >= 15 is 0 Å². The van der Waals surface area contributed by atoms with Gasteiger partial charge in [-0.15, -0.1) is 0 Å². The third-order valence-electron chi connectivity index (χ3n) is 4.34. The van der Waals surface area contributed by atoms with Gasteiger partial charge in [-0.3, -0.25) is 14.8 Å². The summed E-state index contributed by atoms with van der Waals surface area (Å²) in [6.07, 6.45) is 3.06. The second kappa shape index (κ2) is 9.28. The molecular formula is C21H17N7O4S. The molecule has 4 rings (SSSR count). The van der Waals surface area contributed by atoms with Gasteiger partial charge < -0.3 is 10.6 Å². The summed E-state index contributed by atoms with van der Waals surface area (Å²) in [4.78, 5) is 22.6. The zero-order valence-electron chi connectivity index (χ0n) is 16.9. The van der Waals surface area contributed by atoms with E-state index in [2.05, 4.69) is 30.3 Å². The number of anilines is 5. The molecule has 0 saturated heterocycles. The Balaban J connectivity index is 1.44. The van der Waals surface area contributed by atoms with Crippen molar-refractivity contribution >= 4 is 44.5 Å². The second-order valence-corrected chi connectivity index (χ2v) is 8.37. The largest absolute Gasteiger partial charge is 0.340 e. The zero-order valence-corrected chi connectivity index (χ0v) is 17.7. The monoisotopic (exact) mass is 463 g/mol. The number of sulfonamides is 1. The highest BCUT2D eigenvalue weighted by Crippen LogP contribution is 2.23. The van der Waals surface area contributed by atoms with Gasteiger partial charge in [0.2, 0.25) is 0 Å². The zero-order chi connectivity index (χ0) is 23.3. The SMILES string of the molecule is O=[N+]([O-])c1cccc(S(=O)(=O)Nc2ccc(Nc3cc(Nc4ccccn4)ncn3)cc2)c1. The Hall–Kier alpha value is -4.58. The Bertz CT molecular complexity index is 1380. The lowest BCUT2D eigenvalue weighted by atomic mass is 10.3. The van der Waals surface area contributed by atoms with Crippen molar-refractivity contribution in [2.75, 3.05) is 15.4 Å². The first kappa shape index (κ1) is 21.6. The first-order valence-corrected chi connectivity index (χ1v) is 11.0. The maximum atomic E-state index is 12.6. The molecule has 2 heterocycles. The van der Waals surface area contributed by atoms with Gasteiger partial charge in [-0.05, 0) is 42.5 Å². The molecule has 0 atom stereocenters. The van der Waals surface area contributed by atoms with Crippen LogP contribution in [0.4, 0.5) is 34.5 Å². The first-order valence-electron chi connectivity index (χ1n) is 9.53. The van der Waals surface area contributed by atoms with Gasteiger partial charge in [0.25, 0.3) is 15.7 Å². The number of rotatable bonds is 8. The average Bonchev–Trinajstić information content (AvgIpc) is 2.81. The summed E-state index contributed by atoms with van der Waals surface area (Å²) in [6, 6.07) is 18.5. The maximum Gasteiger partial charge on any atom is 0.270 e. The van der Waals surface area contributed by atoms with Gasteiger partial charge in [-0.2, -0.15) is 0 Å². The van der Waals surface area contributed by atoms with Crippen molar-refractivity contribution in [1.82, 2.24) is 15.0 Å². The Morgan fingerprint density at radius 2 is 1.48 bits per heavy atom. The molecule has 0 amide bonds. The minimum absolute atomic E-state index is 0.201. The molecule has 0 bridgehead atoms. The van der Waals surface area contributed by atoms with Crippen LogP contribution in [0.1, 0.15) is 0 Å². The molecule has 4 aromatic rings. The maximum absolute atomic E-state index is 12.6. The summed E-state index contributed by atoms with van der Waals surface area (Å²) in [5, 5.41) is 17.1. The lowest BCUT2D eigenvalue weighted by Crippen LogP contribution is -2.13. The van der Waals surface area contributed by atoms with Crippen LogP contribution in [-0.2, 0) is 10.0 Å². The van der Waals surface area contributed by atoms with Crippen molar-refractivity contribution < 1.29 is 13.3 Å². The molecule has 0 aliphatic rings. The van der Waals surface area contributed by atoms with Gasteiger partial charge in [-0.25, -0.2) is 23.4 Å². The van der Waals surface area contributed by atoms with Crippen molar-refractivity contribution in [3.8, 4) is 0 Å². The molecule has 2 aromatic heterocycles. The van der Waals surface area contributed by atoms with Gasteiger partial charge >= 0.3 is 0 Å². The fraction of sp³-hybridized carbons (Fsp3) is 0. The van der Waals surface area contributed by atoms with Gasteiger partial charge in [0.15, 0.2) is 0 Å². The van der Waals surface area contributed by atoms with Crippen LogP contribution in [0.15, 0.2) is 90.2 Å². The number of nitro groups is 1. The van der Waals surface area contributed by atoms with Crippen LogP contribution in [0.2, 0.25) is 0 Å². The summed E-state index contributed by atoms with van der Waals surface area (Å²) in [7, 11) is -3.99. The summed E-state index contributed by atoms with van der Waals surface area (Å²) < 4.78 is 27.5. The smallest absolute Gasteiger partial charge is 0.270 e. The fourth-order valence-corrected chi connectivity index (χ4v) is 3.91. The van der Waals surface area contributed by atoms with Gasteiger partial charge in [-0.1, -0.05) is 12.1 Å². The number of aromatic nitrogens is 3. The number of non-ortho nitro benzene ring substituents is 1. The third-order valence-corrected chi connectivity index (χ3v) is 5.72. The normalized spacial score (nSPS) is 10.9. The van der Waals surface area contributed by atoms with Crippen LogP contribution in [-0.4, -0.2) is 28.3 Å². The van der Waals surface area contributed by atoms with Gasteiger partial charge in [0.05, 0.1) is 9.82 Å². The fourth-order valence-electron chi connectivity index (χ4n) is 2.81. The van der Waals surface area contributed by atoms with Crippen LogP contribution in [0.5, 0.6) is 0 Å². The van der Waals surface area contributed by atoms with Crippen molar-refractivity contribution in [2.45, 2.75) is 4.90 Å². The highest BCUT2D eigenvalue weighted by molar-refractivity contribution is 7.92. The summed E-state index contributed by atoms with van der Waals surface area (Å²) in [6.45, 7) is 0. The molecule has 0 spiro atoms. The molecule has 166 valence electrons. The Kier molecular flexibility index (Phi) is 6.09. The Labute approximate surface area is 188 Å². The van der Waals surface area contributed by atoms with E-state index in [9.17, 15) is 18.5 Å². The molecular weight excluding hydrogens is 446 g/mol. The van der Waals surface area contributed by atoms with Crippen molar-refractivity contribution in [2.24, 2.45) is 0 Å². The number of nitro benzene ring substituents is 1. The van der Waals surface area contributed by atoms with Crippen molar-refractivity contribution in [3.05, 3.63) is 95.4 Å². The molecule has 2 aromatic carbocycles.